The summed E-state index contributed by atoms with van der Waals surface area (Å²) in [5.74, 6) is -1.89. The molecule has 8 heteroatoms. The van der Waals surface area contributed by atoms with Gasteiger partial charge in [-0.2, -0.15) is 0 Å². The zero-order chi connectivity index (χ0) is 19.4. The van der Waals surface area contributed by atoms with Crippen LogP contribution < -0.4 is 15.4 Å². The van der Waals surface area contributed by atoms with Gasteiger partial charge in [0.2, 0.25) is 0 Å². The van der Waals surface area contributed by atoms with Gasteiger partial charge < -0.3 is 15.4 Å². The molecule has 2 aromatic carbocycles. The molecule has 27 heavy (non-hydrogen) atoms. The topological polar surface area (TPSA) is 63.2 Å². The zero-order valence-corrected chi connectivity index (χ0v) is 14.8. The summed E-state index contributed by atoms with van der Waals surface area (Å²) in [6.07, 6.45) is 2.77. The first kappa shape index (κ1) is 18.6. The molecule has 0 atom stereocenters. The predicted octanol–water partition coefficient (Wildman–Crippen LogP) is 5.02. The molecule has 0 aliphatic carbocycles. The number of anilines is 3. The normalized spacial score (nSPS) is 10.4. The maximum atomic E-state index is 13.7. The molecule has 2 N–H and O–H groups in total. The van der Waals surface area contributed by atoms with Crippen molar-refractivity contribution in [3.05, 3.63) is 77.1 Å². The minimum Gasteiger partial charge on any atom is -0.495 e. The first-order valence-corrected chi connectivity index (χ1v) is 8.16. The highest BCUT2D eigenvalue weighted by Crippen LogP contribution is 2.30. The maximum absolute atomic E-state index is 13.7. The maximum Gasteiger partial charge on any atom is 0.257 e. The van der Waals surface area contributed by atoms with Gasteiger partial charge in [0.1, 0.15) is 23.1 Å². The van der Waals surface area contributed by atoms with Crippen LogP contribution in [0.4, 0.5) is 25.8 Å². The fraction of sp³-hybridized carbons (Fsp3) is 0.0526. The van der Waals surface area contributed by atoms with E-state index in [4.69, 9.17) is 16.3 Å². The molecular formula is C19H14ClF2N3O2. The van der Waals surface area contributed by atoms with E-state index in [0.29, 0.717) is 22.1 Å². The van der Waals surface area contributed by atoms with Crippen LogP contribution in [0.2, 0.25) is 5.02 Å². The van der Waals surface area contributed by atoms with Gasteiger partial charge in [-0.15, -0.1) is 0 Å². The van der Waals surface area contributed by atoms with E-state index in [2.05, 4.69) is 15.6 Å². The molecule has 0 unspecified atom stereocenters. The third-order valence-corrected chi connectivity index (χ3v) is 3.88. The Morgan fingerprint density at radius 1 is 1.11 bits per heavy atom. The van der Waals surface area contributed by atoms with Crippen molar-refractivity contribution in [1.82, 2.24) is 4.98 Å². The molecule has 0 saturated carbocycles. The van der Waals surface area contributed by atoms with E-state index in [0.717, 1.165) is 12.1 Å². The standard InChI is InChI=1S/C19H14ClF2N3O2/c1-27-17-6-5-12(20)8-16(17)24-13-7-11(9-23-10-13)19(26)25-18-14(21)3-2-4-15(18)22/h2-10,24H,1H3,(H,25,26). The molecule has 1 amide bonds. The Hall–Kier alpha value is -3.19. The Balaban J connectivity index is 1.83. The van der Waals surface area contributed by atoms with E-state index in [1.165, 1.54) is 31.6 Å². The molecule has 0 saturated heterocycles. The van der Waals surface area contributed by atoms with Crippen molar-refractivity contribution in [2.45, 2.75) is 0 Å². The van der Waals surface area contributed by atoms with Gasteiger partial charge in [0, 0.05) is 11.2 Å². The lowest BCUT2D eigenvalue weighted by atomic mass is 10.2. The van der Waals surface area contributed by atoms with E-state index in [9.17, 15) is 13.6 Å². The Bertz CT molecular complexity index is 978. The number of hydrogen-bond donors (Lipinski definition) is 2. The second kappa shape index (κ2) is 8.01. The lowest BCUT2D eigenvalue weighted by Gasteiger charge is -2.12. The molecule has 1 heterocycles. The van der Waals surface area contributed by atoms with Crippen LogP contribution in [0.25, 0.3) is 0 Å². The molecule has 0 spiro atoms. The van der Waals surface area contributed by atoms with Gasteiger partial charge in [0.05, 0.1) is 30.2 Å². The van der Waals surface area contributed by atoms with Crippen LogP contribution in [0.5, 0.6) is 5.75 Å². The summed E-state index contributed by atoms with van der Waals surface area (Å²) in [5.41, 5.74) is 0.641. The minimum absolute atomic E-state index is 0.114. The summed E-state index contributed by atoms with van der Waals surface area (Å²) in [4.78, 5) is 16.3. The van der Waals surface area contributed by atoms with Crippen molar-refractivity contribution in [1.29, 1.82) is 0 Å². The minimum atomic E-state index is -0.866. The molecule has 3 aromatic rings. The molecule has 138 valence electrons. The number of pyridine rings is 1. The number of halogens is 3. The van der Waals surface area contributed by atoms with Crippen LogP contribution in [-0.2, 0) is 0 Å². The Morgan fingerprint density at radius 2 is 1.85 bits per heavy atom. The largest absolute Gasteiger partial charge is 0.495 e. The molecular weight excluding hydrogens is 376 g/mol. The molecule has 3 rings (SSSR count). The van der Waals surface area contributed by atoms with Crippen LogP contribution in [0.1, 0.15) is 10.4 Å². The zero-order valence-electron chi connectivity index (χ0n) is 14.1. The Labute approximate surface area is 159 Å². The summed E-state index contributed by atoms with van der Waals surface area (Å²) in [7, 11) is 1.51. The summed E-state index contributed by atoms with van der Waals surface area (Å²) in [6, 6.07) is 9.83. The van der Waals surface area contributed by atoms with E-state index in [1.807, 2.05) is 0 Å². The quantitative estimate of drug-likeness (QED) is 0.643. The van der Waals surface area contributed by atoms with E-state index < -0.39 is 23.2 Å². The average Bonchev–Trinajstić information content (AvgIpc) is 2.65. The number of amides is 1. The van der Waals surface area contributed by atoms with Crippen LogP contribution >= 0.6 is 11.6 Å². The number of aromatic nitrogens is 1. The van der Waals surface area contributed by atoms with Gasteiger partial charge in [-0.1, -0.05) is 17.7 Å². The summed E-state index contributed by atoms with van der Waals surface area (Å²) < 4.78 is 32.7. The van der Waals surface area contributed by atoms with Gasteiger partial charge in [-0.05, 0) is 36.4 Å². The number of hydrogen-bond acceptors (Lipinski definition) is 4. The highest BCUT2D eigenvalue weighted by atomic mass is 35.5. The van der Waals surface area contributed by atoms with Crippen LogP contribution in [-0.4, -0.2) is 18.0 Å². The van der Waals surface area contributed by atoms with Crippen molar-refractivity contribution in [2.75, 3.05) is 17.7 Å². The summed E-state index contributed by atoms with van der Waals surface area (Å²) in [6.45, 7) is 0. The summed E-state index contributed by atoms with van der Waals surface area (Å²) in [5, 5.41) is 5.76. The molecule has 0 aliphatic rings. The monoisotopic (exact) mass is 389 g/mol. The second-order valence-corrected chi connectivity index (χ2v) is 5.92. The van der Waals surface area contributed by atoms with Gasteiger partial charge in [0.25, 0.3) is 5.91 Å². The first-order valence-electron chi connectivity index (χ1n) is 7.79. The highest BCUT2D eigenvalue weighted by Gasteiger charge is 2.14. The number of benzene rings is 2. The molecule has 0 radical (unpaired) electrons. The van der Waals surface area contributed by atoms with Gasteiger partial charge in [-0.3, -0.25) is 9.78 Å². The van der Waals surface area contributed by atoms with Crippen molar-refractivity contribution < 1.29 is 18.3 Å². The SMILES string of the molecule is COc1ccc(Cl)cc1Nc1cncc(C(=O)Nc2c(F)cccc2F)c1. The van der Waals surface area contributed by atoms with Gasteiger partial charge in [-0.25, -0.2) is 8.78 Å². The number of nitrogens with one attached hydrogen (secondary N) is 2. The smallest absolute Gasteiger partial charge is 0.257 e. The number of methoxy groups -OCH3 is 1. The third-order valence-electron chi connectivity index (χ3n) is 3.64. The molecule has 5 nitrogen and oxygen atoms in total. The molecule has 0 fully saturated rings. The van der Waals surface area contributed by atoms with Crippen molar-refractivity contribution in [2.24, 2.45) is 0 Å². The van der Waals surface area contributed by atoms with E-state index >= 15 is 0 Å². The number of carbonyl (C=O) groups excluding carboxylic acids is 1. The number of nitrogens with zero attached hydrogens (tertiary/aromatic N) is 1. The van der Waals surface area contributed by atoms with E-state index in [1.54, 1.807) is 18.2 Å². The Morgan fingerprint density at radius 3 is 2.56 bits per heavy atom. The van der Waals surface area contributed by atoms with Crippen LogP contribution in [0.3, 0.4) is 0 Å². The predicted molar refractivity (Wildman–Crippen MR) is 99.8 cm³/mol. The number of carbonyl (C=O) groups is 1. The lowest BCUT2D eigenvalue weighted by molar-refractivity contribution is 0.102. The van der Waals surface area contributed by atoms with Crippen molar-refractivity contribution in [3.63, 3.8) is 0 Å². The first-order chi connectivity index (χ1) is 13.0. The van der Waals surface area contributed by atoms with Crippen LogP contribution in [0.15, 0.2) is 54.9 Å². The number of para-hydroxylation sites is 1. The molecule has 0 aliphatic heterocycles. The van der Waals surface area contributed by atoms with Crippen molar-refractivity contribution in [3.8, 4) is 5.75 Å². The molecule has 0 bridgehead atoms. The van der Waals surface area contributed by atoms with Gasteiger partial charge >= 0.3 is 0 Å². The lowest BCUT2D eigenvalue weighted by Crippen LogP contribution is -2.14. The van der Waals surface area contributed by atoms with Crippen molar-refractivity contribution >= 4 is 34.6 Å². The highest BCUT2D eigenvalue weighted by molar-refractivity contribution is 6.31. The van der Waals surface area contributed by atoms with Gasteiger partial charge in [0.15, 0.2) is 0 Å². The van der Waals surface area contributed by atoms with E-state index in [-0.39, 0.29) is 5.56 Å². The molecule has 1 aromatic heterocycles. The number of rotatable bonds is 5. The fourth-order valence-electron chi connectivity index (χ4n) is 2.37. The Kier molecular flexibility index (Phi) is 5.52. The third kappa shape index (κ3) is 4.32. The fourth-order valence-corrected chi connectivity index (χ4v) is 2.54. The second-order valence-electron chi connectivity index (χ2n) is 5.48. The van der Waals surface area contributed by atoms with Crippen LogP contribution in [0, 0.1) is 11.6 Å². The average molecular weight is 390 g/mol. The summed E-state index contributed by atoms with van der Waals surface area (Å²) >= 11 is 6.00. The number of ether oxygens (including phenoxy) is 1.